The second kappa shape index (κ2) is 13.0. The van der Waals surface area contributed by atoms with Gasteiger partial charge in [0.25, 0.3) is 0 Å². The molecule has 5 heterocycles. The number of likely N-dealkylation sites (tertiary alicyclic amines) is 1. The summed E-state index contributed by atoms with van der Waals surface area (Å²) in [6, 6.07) is 6.11. The van der Waals surface area contributed by atoms with Gasteiger partial charge in [0.15, 0.2) is 6.23 Å². The molecule has 0 radical (unpaired) electrons. The quantitative estimate of drug-likeness (QED) is 0.237. The van der Waals surface area contributed by atoms with E-state index in [4.69, 9.17) is 29.0 Å². The number of ether oxygens (including phenoxy) is 4. The molecular weight excluding hydrogens is 574 g/mol. The smallest absolute Gasteiger partial charge is 0.410 e. The van der Waals surface area contributed by atoms with Gasteiger partial charge in [-0.15, -0.1) is 0 Å². The predicted octanol–water partition coefficient (Wildman–Crippen LogP) is 6.21. The predicted molar refractivity (Wildman–Crippen MR) is 168 cm³/mol. The lowest BCUT2D eigenvalue weighted by atomic mass is 10.1. The summed E-state index contributed by atoms with van der Waals surface area (Å²) in [5.41, 5.74) is 3.18. The topological polar surface area (TPSA) is 127 Å². The maximum absolute atomic E-state index is 12.7. The molecule has 3 aromatic heterocycles. The van der Waals surface area contributed by atoms with E-state index in [0.29, 0.717) is 48.5 Å². The fourth-order valence-electron chi connectivity index (χ4n) is 5.63. The number of hydrogen-bond donors (Lipinski definition) is 0. The fourth-order valence-corrected chi connectivity index (χ4v) is 5.63. The zero-order valence-corrected chi connectivity index (χ0v) is 26.6. The van der Waals surface area contributed by atoms with Gasteiger partial charge in [0.1, 0.15) is 23.1 Å². The van der Waals surface area contributed by atoms with Crippen LogP contribution < -0.4 is 9.47 Å². The average molecular weight is 616 g/mol. The second-order valence-corrected chi connectivity index (χ2v) is 12.8. The van der Waals surface area contributed by atoms with E-state index in [0.717, 1.165) is 48.6 Å². The van der Waals surface area contributed by atoms with Gasteiger partial charge in [-0.25, -0.2) is 19.4 Å². The Morgan fingerprint density at radius 2 is 1.76 bits per heavy atom. The summed E-state index contributed by atoms with van der Waals surface area (Å²) in [6.45, 7) is 11.3. The number of hydrogen-bond acceptors (Lipinski definition) is 10. The number of fused-ring (bicyclic) bond motifs is 1. The standard InChI is InChI=1S/C33H41N7O5/c1-21(2)43-28-18-34-16-25(36-28)22-11-12-27-24(15-22)31(38-40(27)30-10-6-7-14-42-30)26-17-35-19-29(37-26)44-23-9-8-13-39(20-23)32(41)45-33(3,4)5/h11-12,15-19,21,23,30H,6-10,13-14,20H2,1-5H3. The summed E-state index contributed by atoms with van der Waals surface area (Å²) in [5, 5.41) is 5.92. The summed E-state index contributed by atoms with van der Waals surface area (Å²) < 4.78 is 25.7. The van der Waals surface area contributed by atoms with Crippen LogP contribution >= 0.6 is 0 Å². The maximum Gasteiger partial charge on any atom is 0.410 e. The van der Waals surface area contributed by atoms with Crippen LogP contribution in [0.1, 0.15) is 73.0 Å². The van der Waals surface area contributed by atoms with Crippen molar-refractivity contribution in [1.29, 1.82) is 0 Å². The maximum atomic E-state index is 12.7. The normalized spacial score (nSPS) is 19.1. The number of carbonyl (C=O) groups is 1. The molecule has 238 valence electrons. The highest BCUT2D eigenvalue weighted by Gasteiger charge is 2.29. The van der Waals surface area contributed by atoms with Crippen molar-refractivity contribution in [2.75, 3.05) is 19.7 Å². The molecule has 0 N–H and O–H groups in total. The lowest BCUT2D eigenvalue weighted by Crippen LogP contribution is -2.46. The van der Waals surface area contributed by atoms with Crippen LogP contribution in [0.15, 0.2) is 43.0 Å². The lowest BCUT2D eigenvalue weighted by Gasteiger charge is -2.33. The number of piperidine rings is 1. The molecule has 45 heavy (non-hydrogen) atoms. The fraction of sp³-hybridized carbons (Fsp3) is 0.515. The zero-order valence-electron chi connectivity index (χ0n) is 26.6. The molecule has 0 saturated carbocycles. The van der Waals surface area contributed by atoms with E-state index >= 15 is 0 Å². The number of rotatable bonds is 7. The molecule has 2 saturated heterocycles. The molecule has 1 amide bonds. The molecule has 12 nitrogen and oxygen atoms in total. The Kier molecular flexibility index (Phi) is 8.84. The van der Waals surface area contributed by atoms with Gasteiger partial charge in [-0.3, -0.25) is 9.97 Å². The molecule has 6 rings (SSSR count). The van der Waals surface area contributed by atoms with Crippen LogP contribution in [-0.2, 0) is 9.47 Å². The summed E-state index contributed by atoms with van der Waals surface area (Å²) in [5.74, 6) is 0.846. The second-order valence-electron chi connectivity index (χ2n) is 12.8. The van der Waals surface area contributed by atoms with Gasteiger partial charge in [-0.2, -0.15) is 5.10 Å². The van der Waals surface area contributed by atoms with Crippen LogP contribution in [0.2, 0.25) is 0 Å². The number of benzene rings is 1. The third-order valence-electron chi connectivity index (χ3n) is 7.57. The van der Waals surface area contributed by atoms with E-state index in [2.05, 4.69) is 21.0 Å². The van der Waals surface area contributed by atoms with Gasteiger partial charge in [0, 0.05) is 24.1 Å². The highest BCUT2D eigenvalue weighted by Crippen LogP contribution is 2.35. The van der Waals surface area contributed by atoms with Gasteiger partial charge in [0.2, 0.25) is 11.8 Å². The molecule has 2 unspecified atom stereocenters. The SMILES string of the molecule is CC(C)Oc1cncc(-c2ccc3c(c2)c(-c2cncc(OC4CCCN(C(=O)OC(C)(C)C)C4)n2)nn3C2CCCCO2)n1. The van der Waals surface area contributed by atoms with Crippen LogP contribution in [0.4, 0.5) is 4.79 Å². The minimum atomic E-state index is -0.559. The van der Waals surface area contributed by atoms with Gasteiger partial charge in [-0.05, 0) is 78.9 Å². The van der Waals surface area contributed by atoms with Crippen molar-refractivity contribution in [3.63, 3.8) is 0 Å². The van der Waals surface area contributed by atoms with Gasteiger partial charge in [-0.1, -0.05) is 6.07 Å². The van der Waals surface area contributed by atoms with E-state index in [1.807, 2.05) is 51.4 Å². The van der Waals surface area contributed by atoms with E-state index in [1.165, 1.54) is 0 Å². The van der Waals surface area contributed by atoms with Crippen LogP contribution in [0.25, 0.3) is 33.5 Å². The van der Waals surface area contributed by atoms with Gasteiger partial charge >= 0.3 is 6.09 Å². The summed E-state index contributed by atoms with van der Waals surface area (Å²) in [7, 11) is 0. The van der Waals surface area contributed by atoms with Crippen molar-refractivity contribution in [2.45, 2.75) is 90.8 Å². The van der Waals surface area contributed by atoms with Crippen molar-refractivity contribution < 1.29 is 23.7 Å². The molecule has 2 aliphatic heterocycles. The first-order chi connectivity index (χ1) is 21.6. The van der Waals surface area contributed by atoms with E-state index in [9.17, 15) is 4.79 Å². The molecule has 2 aliphatic rings. The third kappa shape index (κ3) is 7.33. The van der Waals surface area contributed by atoms with Gasteiger partial charge in [0.05, 0.1) is 48.6 Å². The van der Waals surface area contributed by atoms with Crippen molar-refractivity contribution in [3.8, 4) is 34.4 Å². The largest absolute Gasteiger partial charge is 0.474 e. The first-order valence-corrected chi connectivity index (χ1v) is 15.7. The zero-order chi connectivity index (χ0) is 31.6. The molecule has 1 aromatic carbocycles. The average Bonchev–Trinajstić information content (AvgIpc) is 3.40. The Labute approximate surface area is 263 Å². The molecule has 12 heteroatoms. The van der Waals surface area contributed by atoms with Crippen LogP contribution in [0, 0.1) is 0 Å². The Bertz CT molecular complexity index is 1640. The Hall–Kier alpha value is -4.32. The number of aromatic nitrogens is 6. The molecule has 0 spiro atoms. The minimum absolute atomic E-state index is 0.0144. The monoisotopic (exact) mass is 615 g/mol. The molecular formula is C33H41N7O5. The van der Waals surface area contributed by atoms with Crippen molar-refractivity contribution in [1.82, 2.24) is 34.6 Å². The molecule has 2 fully saturated rings. The van der Waals surface area contributed by atoms with E-state index < -0.39 is 5.60 Å². The molecule has 0 bridgehead atoms. The Balaban J connectivity index is 1.31. The molecule has 4 aromatic rings. The van der Waals surface area contributed by atoms with Gasteiger partial charge < -0.3 is 23.8 Å². The first kappa shape index (κ1) is 30.7. The summed E-state index contributed by atoms with van der Waals surface area (Å²) in [6.07, 6.45) is 10.5. The number of nitrogens with zero attached hydrogens (tertiary/aromatic N) is 7. The molecule has 0 aliphatic carbocycles. The van der Waals surface area contributed by atoms with Crippen LogP contribution in [0.5, 0.6) is 11.8 Å². The lowest BCUT2D eigenvalue weighted by molar-refractivity contribution is -0.0365. The summed E-state index contributed by atoms with van der Waals surface area (Å²) >= 11 is 0. The van der Waals surface area contributed by atoms with Crippen LogP contribution in [0.3, 0.4) is 0 Å². The highest BCUT2D eigenvalue weighted by molar-refractivity contribution is 5.95. The van der Waals surface area contributed by atoms with Crippen LogP contribution in [-0.4, -0.2) is 78.2 Å². The molecule has 2 atom stereocenters. The van der Waals surface area contributed by atoms with Crippen molar-refractivity contribution in [3.05, 3.63) is 43.0 Å². The van der Waals surface area contributed by atoms with E-state index in [1.54, 1.807) is 29.7 Å². The van der Waals surface area contributed by atoms with Crippen molar-refractivity contribution >= 4 is 17.0 Å². The van der Waals surface area contributed by atoms with Crippen molar-refractivity contribution in [2.24, 2.45) is 0 Å². The Morgan fingerprint density at radius 3 is 2.51 bits per heavy atom. The van der Waals surface area contributed by atoms with E-state index in [-0.39, 0.29) is 24.5 Å². The first-order valence-electron chi connectivity index (χ1n) is 15.7. The Morgan fingerprint density at radius 1 is 0.978 bits per heavy atom. The minimum Gasteiger partial charge on any atom is -0.474 e. The number of carbonyl (C=O) groups excluding carboxylic acids is 1. The number of amides is 1. The summed E-state index contributed by atoms with van der Waals surface area (Å²) in [4.78, 5) is 32.7. The highest BCUT2D eigenvalue weighted by atomic mass is 16.6. The third-order valence-corrected chi connectivity index (χ3v) is 7.57.